The van der Waals surface area contributed by atoms with Crippen LogP contribution in [0.15, 0.2) is 36.5 Å². The van der Waals surface area contributed by atoms with Gasteiger partial charge in [-0.25, -0.2) is 4.98 Å². The summed E-state index contributed by atoms with van der Waals surface area (Å²) < 4.78 is 5.07. The van der Waals surface area contributed by atoms with Crippen molar-refractivity contribution in [1.82, 2.24) is 4.98 Å². The lowest BCUT2D eigenvalue weighted by Gasteiger charge is -2.09. The number of carbonyl (C=O) groups is 1. The van der Waals surface area contributed by atoms with E-state index in [4.69, 9.17) is 10.5 Å². The normalized spacial score (nSPS) is 9.15. The highest BCUT2D eigenvalue weighted by Gasteiger charge is 2.03. The molecular weight excluding hydrogens is 254 g/mol. The minimum atomic E-state index is 0.426. The quantitative estimate of drug-likeness (QED) is 0.836. The van der Waals surface area contributed by atoms with Gasteiger partial charge in [0.05, 0.1) is 12.8 Å². The number of hydrogen-bond donors (Lipinski definition) is 2. The third-order valence-corrected chi connectivity index (χ3v) is 2.43. The first-order valence-electron chi connectivity index (χ1n) is 6.34. The van der Waals surface area contributed by atoms with Crippen LogP contribution in [0.4, 0.5) is 17.2 Å². The number of nitrogens with zero attached hydrogens (tertiary/aromatic N) is 1. The molecule has 5 nitrogen and oxygen atoms in total. The van der Waals surface area contributed by atoms with E-state index in [1.54, 1.807) is 13.2 Å². The van der Waals surface area contributed by atoms with Crippen LogP contribution < -0.4 is 15.8 Å². The molecule has 0 spiro atoms. The van der Waals surface area contributed by atoms with Gasteiger partial charge in [0, 0.05) is 17.4 Å². The van der Waals surface area contributed by atoms with Crippen LogP contribution in [0.2, 0.25) is 0 Å². The molecule has 0 atom stereocenters. The van der Waals surface area contributed by atoms with E-state index in [-0.39, 0.29) is 0 Å². The Morgan fingerprint density at radius 1 is 1.25 bits per heavy atom. The maximum Gasteiger partial charge on any atom is 0.153 e. The summed E-state index contributed by atoms with van der Waals surface area (Å²) in [6, 6.07) is 8.95. The fourth-order valence-corrected chi connectivity index (χ4v) is 1.48. The SMILES string of the molecule is CC.COc1ccc(Nc2ncc(C=O)cc2N)cc1. The lowest BCUT2D eigenvalue weighted by atomic mass is 10.2. The molecule has 0 radical (unpaired) electrons. The molecule has 3 N–H and O–H groups in total. The Morgan fingerprint density at radius 2 is 1.90 bits per heavy atom. The fourth-order valence-electron chi connectivity index (χ4n) is 1.48. The summed E-state index contributed by atoms with van der Waals surface area (Å²) in [7, 11) is 1.61. The predicted octanol–water partition coefficient (Wildman–Crippen LogP) is 3.25. The second kappa shape index (κ2) is 7.78. The number of pyridine rings is 1. The summed E-state index contributed by atoms with van der Waals surface area (Å²) in [5, 5.41) is 3.07. The molecule has 0 unspecified atom stereocenters. The van der Waals surface area contributed by atoms with Crippen LogP contribution in [0.3, 0.4) is 0 Å². The molecule has 0 saturated carbocycles. The number of aldehydes is 1. The number of nitrogens with two attached hydrogens (primary N) is 1. The molecule has 2 rings (SSSR count). The van der Waals surface area contributed by atoms with Crippen LogP contribution >= 0.6 is 0 Å². The lowest BCUT2D eigenvalue weighted by molar-refractivity contribution is 0.112. The standard InChI is InChI=1S/C13H13N3O2.C2H6/c1-18-11-4-2-10(3-5-11)16-13-12(14)6-9(8-17)7-15-13;1-2/h2-8H,14H2,1H3,(H,15,16);1-2H3. The summed E-state index contributed by atoms with van der Waals surface area (Å²) >= 11 is 0. The average Bonchev–Trinajstić information content (AvgIpc) is 2.52. The maximum absolute atomic E-state index is 10.6. The number of anilines is 3. The number of hydrogen-bond acceptors (Lipinski definition) is 5. The summed E-state index contributed by atoms with van der Waals surface area (Å²) in [5.74, 6) is 1.29. The van der Waals surface area contributed by atoms with Gasteiger partial charge in [0.1, 0.15) is 5.75 Å². The van der Waals surface area contributed by atoms with E-state index < -0.39 is 0 Å². The van der Waals surface area contributed by atoms with Crippen molar-refractivity contribution in [1.29, 1.82) is 0 Å². The van der Waals surface area contributed by atoms with E-state index in [2.05, 4.69) is 10.3 Å². The van der Waals surface area contributed by atoms with E-state index in [0.717, 1.165) is 11.4 Å². The molecule has 0 bridgehead atoms. The first kappa shape index (κ1) is 15.5. The van der Waals surface area contributed by atoms with E-state index in [1.165, 1.54) is 6.20 Å². The number of benzene rings is 1. The molecule has 0 aliphatic rings. The summed E-state index contributed by atoms with van der Waals surface area (Å²) in [4.78, 5) is 14.7. The highest BCUT2D eigenvalue weighted by Crippen LogP contribution is 2.22. The second-order valence-electron chi connectivity index (χ2n) is 3.68. The molecule has 5 heteroatoms. The number of nitrogens with one attached hydrogen (secondary N) is 1. The molecule has 0 amide bonds. The van der Waals surface area contributed by atoms with Gasteiger partial charge in [0.15, 0.2) is 12.1 Å². The van der Waals surface area contributed by atoms with E-state index in [0.29, 0.717) is 23.4 Å². The van der Waals surface area contributed by atoms with Gasteiger partial charge in [-0.1, -0.05) is 13.8 Å². The molecule has 2 aromatic rings. The molecular formula is C15H19N3O2. The molecule has 0 aliphatic carbocycles. The van der Waals surface area contributed by atoms with Crippen LogP contribution in [0.5, 0.6) is 5.75 Å². The topological polar surface area (TPSA) is 77.2 Å². The predicted molar refractivity (Wildman–Crippen MR) is 81.7 cm³/mol. The Balaban J connectivity index is 0.000000956. The van der Waals surface area contributed by atoms with Crippen molar-refractivity contribution < 1.29 is 9.53 Å². The first-order valence-corrected chi connectivity index (χ1v) is 6.34. The molecule has 1 aromatic heterocycles. The Kier molecular flexibility index (Phi) is 6.03. The van der Waals surface area contributed by atoms with Crippen LogP contribution in [-0.4, -0.2) is 18.4 Å². The second-order valence-corrected chi connectivity index (χ2v) is 3.68. The van der Waals surface area contributed by atoms with Gasteiger partial charge in [-0.3, -0.25) is 4.79 Å². The van der Waals surface area contributed by atoms with Gasteiger partial charge in [0.25, 0.3) is 0 Å². The zero-order valence-corrected chi connectivity index (χ0v) is 11.9. The van der Waals surface area contributed by atoms with Crippen LogP contribution in [0.25, 0.3) is 0 Å². The summed E-state index contributed by atoms with van der Waals surface area (Å²) in [5.41, 5.74) is 7.51. The van der Waals surface area contributed by atoms with Gasteiger partial charge in [0.2, 0.25) is 0 Å². The average molecular weight is 273 g/mol. The number of ether oxygens (including phenoxy) is 1. The largest absolute Gasteiger partial charge is 0.497 e. The van der Waals surface area contributed by atoms with Gasteiger partial charge in [-0.05, 0) is 30.3 Å². The van der Waals surface area contributed by atoms with Crippen LogP contribution in [0.1, 0.15) is 24.2 Å². The van der Waals surface area contributed by atoms with Gasteiger partial charge < -0.3 is 15.8 Å². The number of aromatic nitrogens is 1. The van der Waals surface area contributed by atoms with Gasteiger partial charge in [-0.15, -0.1) is 0 Å². The van der Waals surface area contributed by atoms with Crippen molar-refractivity contribution in [3.63, 3.8) is 0 Å². The lowest BCUT2D eigenvalue weighted by Crippen LogP contribution is -2.00. The zero-order chi connectivity index (χ0) is 15.0. The number of methoxy groups -OCH3 is 1. The Morgan fingerprint density at radius 3 is 2.40 bits per heavy atom. The molecule has 0 saturated heterocycles. The monoisotopic (exact) mass is 273 g/mol. The fraction of sp³-hybridized carbons (Fsp3) is 0.200. The van der Waals surface area contributed by atoms with Crippen molar-refractivity contribution in [2.45, 2.75) is 13.8 Å². The van der Waals surface area contributed by atoms with E-state index >= 15 is 0 Å². The van der Waals surface area contributed by atoms with Crippen molar-refractivity contribution in [3.8, 4) is 5.75 Å². The van der Waals surface area contributed by atoms with Crippen molar-refractivity contribution >= 4 is 23.5 Å². The Labute approximate surface area is 118 Å². The highest BCUT2D eigenvalue weighted by atomic mass is 16.5. The third-order valence-electron chi connectivity index (χ3n) is 2.43. The van der Waals surface area contributed by atoms with Crippen molar-refractivity contribution in [2.75, 3.05) is 18.2 Å². The number of carbonyl (C=O) groups excluding carboxylic acids is 1. The van der Waals surface area contributed by atoms with Gasteiger partial charge >= 0.3 is 0 Å². The van der Waals surface area contributed by atoms with E-state index in [1.807, 2.05) is 38.1 Å². The molecule has 1 heterocycles. The zero-order valence-electron chi connectivity index (χ0n) is 11.9. The maximum atomic E-state index is 10.6. The van der Waals surface area contributed by atoms with Crippen LogP contribution in [0, 0.1) is 0 Å². The Bertz CT molecular complexity index is 554. The molecule has 106 valence electrons. The summed E-state index contributed by atoms with van der Waals surface area (Å²) in [6.45, 7) is 4.00. The number of rotatable bonds is 4. The smallest absolute Gasteiger partial charge is 0.153 e. The third kappa shape index (κ3) is 3.98. The minimum Gasteiger partial charge on any atom is -0.497 e. The summed E-state index contributed by atoms with van der Waals surface area (Å²) in [6.07, 6.45) is 2.18. The minimum absolute atomic E-state index is 0.426. The molecule has 1 aromatic carbocycles. The number of nitrogen functional groups attached to an aromatic ring is 1. The van der Waals surface area contributed by atoms with Crippen LogP contribution in [-0.2, 0) is 0 Å². The van der Waals surface area contributed by atoms with E-state index in [9.17, 15) is 4.79 Å². The van der Waals surface area contributed by atoms with Crippen molar-refractivity contribution in [2.24, 2.45) is 0 Å². The first-order chi connectivity index (χ1) is 9.72. The highest BCUT2D eigenvalue weighted by molar-refractivity contribution is 5.79. The molecule has 0 aliphatic heterocycles. The van der Waals surface area contributed by atoms with Gasteiger partial charge in [-0.2, -0.15) is 0 Å². The Hall–Kier alpha value is -2.56. The van der Waals surface area contributed by atoms with Crippen molar-refractivity contribution in [3.05, 3.63) is 42.1 Å². The molecule has 0 fully saturated rings. The molecule has 20 heavy (non-hydrogen) atoms.